The maximum absolute atomic E-state index is 12.1. The number of carbonyl (C=O) groups is 1. The van der Waals surface area contributed by atoms with E-state index in [0.717, 1.165) is 36.5 Å². The van der Waals surface area contributed by atoms with Gasteiger partial charge in [-0.2, -0.15) is 4.31 Å². The van der Waals surface area contributed by atoms with E-state index in [1.807, 2.05) is 4.90 Å². The Morgan fingerprint density at radius 2 is 1.65 bits per heavy atom. The van der Waals surface area contributed by atoms with Crippen molar-refractivity contribution in [2.24, 2.45) is 5.41 Å². The molecule has 0 aromatic carbocycles. The van der Waals surface area contributed by atoms with Gasteiger partial charge in [0.25, 0.3) is 0 Å². The summed E-state index contributed by atoms with van der Waals surface area (Å²) in [6.45, 7) is 1.54. The highest BCUT2D eigenvalue weighted by Gasteiger charge is 2.36. The van der Waals surface area contributed by atoms with Crippen LogP contribution in [0.3, 0.4) is 0 Å². The number of amides is 1. The minimum absolute atomic E-state index is 0.0359. The first kappa shape index (κ1) is 15.8. The molecule has 0 radical (unpaired) electrons. The molecular weight excluding hydrogens is 276 g/mol. The van der Waals surface area contributed by atoms with Crippen LogP contribution in [0, 0.1) is 5.41 Å². The van der Waals surface area contributed by atoms with Gasteiger partial charge in [0.05, 0.1) is 12.8 Å². The first-order valence-electron chi connectivity index (χ1n) is 7.52. The van der Waals surface area contributed by atoms with Gasteiger partial charge in [-0.25, -0.2) is 8.42 Å². The zero-order chi connectivity index (χ0) is 14.8. The summed E-state index contributed by atoms with van der Waals surface area (Å²) in [6.07, 6.45) is 9.91. The summed E-state index contributed by atoms with van der Waals surface area (Å²) < 4.78 is 23.8. The lowest BCUT2D eigenvalue weighted by Crippen LogP contribution is -2.47. The highest BCUT2D eigenvalue weighted by Crippen LogP contribution is 2.44. The number of nitrogens with zero attached hydrogens (tertiary/aromatic N) is 2. The fraction of sp³-hybridized carbons (Fsp3) is 0.929. The number of rotatable bonds is 3. The van der Waals surface area contributed by atoms with Crippen LogP contribution in [-0.4, -0.2) is 56.5 Å². The van der Waals surface area contributed by atoms with E-state index in [1.165, 1.54) is 39.2 Å². The zero-order valence-electron chi connectivity index (χ0n) is 12.6. The Morgan fingerprint density at radius 1 is 1.10 bits per heavy atom. The molecule has 116 valence electrons. The summed E-state index contributed by atoms with van der Waals surface area (Å²) >= 11 is 0. The molecule has 5 nitrogen and oxygen atoms in total. The normalized spacial score (nSPS) is 23.2. The van der Waals surface area contributed by atoms with E-state index in [0.29, 0.717) is 5.41 Å². The molecule has 2 rings (SSSR count). The Hall–Kier alpha value is -0.620. The molecule has 1 heterocycles. The molecule has 0 aromatic rings. The minimum atomic E-state index is -3.28. The molecular formula is C14H26N2O3S. The molecule has 1 saturated carbocycles. The number of hydrogen-bond donors (Lipinski definition) is 0. The predicted octanol–water partition coefficient (Wildman–Crippen LogP) is 1.45. The van der Waals surface area contributed by atoms with Gasteiger partial charge >= 0.3 is 0 Å². The molecule has 1 amide bonds. The number of likely N-dealkylation sites (N-methyl/N-ethyl adjacent to an activating group) is 1. The van der Waals surface area contributed by atoms with Crippen molar-refractivity contribution in [1.29, 1.82) is 0 Å². The summed E-state index contributed by atoms with van der Waals surface area (Å²) in [4.78, 5) is 14.0. The predicted molar refractivity (Wildman–Crippen MR) is 78.8 cm³/mol. The van der Waals surface area contributed by atoms with Gasteiger partial charge in [0, 0.05) is 20.1 Å². The monoisotopic (exact) mass is 302 g/mol. The van der Waals surface area contributed by atoms with Crippen LogP contribution in [0.15, 0.2) is 0 Å². The Morgan fingerprint density at radius 3 is 2.15 bits per heavy atom. The Kier molecular flexibility index (Phi) is 4.74. The third kappa shape index (κ3) is 3.73. The molecule has 0 aromatic heterocycles. The van der Waals surface area contributed by atoms with Crippen LogP contribution in [0.25, 0.3) is 0 Å². The highest BCUT2D eigenvalue weighted by molar-refractivity contribution is 7.88. The van der Waals surface area contributed by atoms with E-state index < -0.39 is 10.0 Å². The molecule has 0 N–H and O–H groups in total. The maximum Gasteiger partial charge on any atom is 0.237 e. The van der Waals surface area contributed by atoms with Gasteiger partial charge in [-0.1, -0.05) is 19.3 Å². The fourth-order valence-electron chi connectivity index (χ4n) is 3.44. The van der Waals surface area contributed by atoms with Gasteiger partial charge in [-0.3, -0.25) is 4.79 Å². The van der Waals surface area contributed by atoms with Crippen molar-refractivity contribution in [3.05, 3.63) is 0 Å². The van der Waals surface area contributed by atoms with E-state index in [4.69, 9.17) is 0 Å². The highest BCUT2D eigenvalue weighted by atomic mass is 32.2. The van der Waals surface area contributed by atoms with Gasteiger partial charge in [-0.15, -0.1) is 0 Å². The number of hydrogen-bond acceptors (Lipinski definition) is 3. The smallest absolute Gasteiger partial charge is 0.237 e. The number of piperidine rings is 1. The molecule has 6 heteroatoms. The molecule has 2 aliphatic rings. The Labute approximate surface area is 122 Å². The van der Waals surface area contributed by atoms with Gasteiger partial charge in [0.2, 0.25) is 15.9 Å². The van der Waals surface area contributed by atoms with E-state index in [-0.39, 0.29) is 12.5 Å². The average molecular weight is 302 g/mol. The molecule has 2 fully saturated rings. The molecule has 1 aliphatic heterocycles. The standard InChI is InChI=1S/C14H26N2O3S/c1-15(20(2,18)19)12-13(17)16-10-8-14(9-11-16)6-4-3-5-7-14/h3-12H2,1-2H3. The van der Waals surface area contributed by atoms with E-state index in [2.05, 4.69) is 0 Å². The maximum atomic E-state index is 12.1. The lowest BCUT2D eigenvalue weighted by atomic mass is 9.68. The van der Waals surface area contributed by atoms with Crippen molar-refractivity contribution in [1.82, 2.24) is 9.21 Å². The third-order valence-corrected chi connectivity index (χ3v) is 6.28. The second-order valence-corrected chi connectivity index (χ2v) is 8.55. The summed E-state index contributed by atoms with van der Waals surface area (Å²) in [6, 6.07) is 0. The fourth-order valence-corrected chi connectivity index (χ4v) is 3.78. The van der Waals surface area contributed by atoms with Crippen molar-refractivity contribution >= 4 is 15.9 Å². The average Bonchev–Trinajstić information content (AvgIpc) is 2.39. The van der Waals surface area contributed by atoms with Crippen molar-refractivity contribution in [3.63, 3.8) is 0 Å². The molecule has 1 saturated heterocycles. The van der Waals surface area contributed by atoms with Gasteiger partial charge in [-0.05, 0) is 31.1 Å². The van der Waals surface area contributed by atoms with Crippen molar-refractivity contribution in [2.75, 3.05) is 32.9 Å². The van der Waals surface area contributed by atoms with Crippen molar-refractivity contribution in [2.45, 2.75) is 44.9 Å². The SMILES string of the molecule is CN(CC(=O)N1CCC2(CCCCC2)CC1)S(C)(=O)=O. The van der Waals surface area contributed by atoms with Crippen LogP contribution in [0.5, 0.6) is 0 Å². The zero-order valence-corrected chi connectivity index (χ0v) is 13.4. The summed E-state index contributed by atoms with van der Waals surface area (Å²) in [7, 11) is -1.82. The van der Waals surface area contributed by atoms with E-state index >= 15 is 0 Å². The minimum Gasteiger partial charge on any atom is -0.342 e. The lowest BCUT2D eigenvalue weighted by molar-refractivity contribution is -0.133. The van der Waals surface area contributed by atoms with Crippen LogP contribution in [-0.2, 0) is 14.8 Å². The van der Waals surface area contributed by atoms with E-state index in [1.54, 1.807) is 0 Å². The second-order valence-electron chi connectivity index (χ2n) is 6.46. The van der Waals surface area contributed by atoms with E-state index in [9.17, 15) is 13.2 Å². The third-order valence-electron chi connectivity index (χ3n) is 5.02. The van der Waals surface area contributed by atoms with Crippen LogP contribution in [0.4, 0.5) is 0 Å². The molecule has 1 aliphatic carbocycles. The Bertz CT molecular complexity index is 445. The number of carbonyl (C=O) groups excluding carboxylic acids is 1. The summed E-state index contributed by atoms with van der Waals surface area (Å²) in [5, 5.41) is 0. The van der Waals surface area contributed by atoms with Crippen molar-refractivity contribution in [3.8, 4) is 0 Å². The largest absolute Gasteiger partial charge is 0.342 e. The molecule has 0 atom stereocenters. The first-order chi connectivity index (χ1) is 9.32. The quantitative estimate of drug-likeness (QED) is 0.793. The topological polar surface area (TPSA) is 57.7 Å². The molecule has 1 spiro atoms. The van der Waals surface area contributed by atoms with Crippen LogP contribution in [0.1, 0.15) is 44.9 Å². The van der Waals surface area contributed by atoms with Gasteiger partial charge < -0.3 is 4.90 Å². The molecule has 20 heavy (non-hydrogen) atoms. The Balaban J connectivity index is 1.85. The van der Waals surface area contributed by atoms with Crippen LogP contribution >= 0.6 is 0 Å². The van der Waals surface area contributed by atoms with Crippen LogP contribution in [0.2, 0.25) is 0 Å². The summed E-state index contributed by atoms with van der Waals surface area (Å²) in [5.41, 5.74) is 0.470. The van der Waals surface area contributed by atoms with Gasteiger partial charge in [0.15, 0.2) is 0 Å². The second kappa shape index (κ2) is 6.02. The summed E-state index contributed by atoms with van der Waals surface area (Å²) in [5.74, 6) is -0.0661. The lowest BCUT2D eigenvalue weighted by Gasteiger charge is -2.44. The van der Waals surface area contributed by atoms with Gasteiger partial charge in [0.1, 0.15) is 0 Å². The van der Waals surface area contributed by atoms with Crippen molar-refractivity contribution < 1.29 is 13.2 Å². The molecule has 0 unspecified atom stereocenters. The number of likely N-dealkylation sites (tertiary alicyclic amines) is 1. The molecule has 0 bridgehead atoms. The first-order valence-corrected chi connectivity index (χ1v) is 9.36. The van der Waals surface area contributed by atoms with Crippen LogP contribution < -0.4 is 0 Å². The number of sulfonamides is 1.